The molecule has 33 heavy (non-hydrogen) atoms. The second kappa shape index (κ2) is 9.66. The van der Waals surface area contributed by atoms with Crippen molar-refractivity contribution in [3.05, 3.63) is 11.3 Å². The molecule has 0 bridgehead atoms. The smallest absolute Gasteiger partial charge is 0.341 e. The van der Waals surface area contributed by atoms with Gasteiger partial charge in [-0.05, 0) is 19.6 Å². The normalized spacial score (nSPS) is 27.6. The topological polar surface area (TPSA) is 58.6 Å². The Bertz CT molecular complexity index is 829. The van der Waals surface area contributed by atoms with E-state index in [0.29, 0.717) is 5.70 Å². The van der Waals surface area contributed by atoms with Crippen LogP contribution in [-0.4, -0.2) is 88.9 Å². The van der Waals surface area contributed by atoms with Crippen molar-refractivity contribution in [2.75, 3.05) is 32.4 Å². The van der Waals surface area contributed by atoms with Gasteiger partial charge in [0.1, 0.15) is 31.0 Å². The number of likely N-dealkylation sites (tertiary alicyclic amines) is 1. The van der Waals surface area contributed by atoms with Gasteiger partial charge in [-0.25, -0.2) is 4.79 Å². The monoisotopic (exact) mass is 641 g/mol. The third-order valence-electron chi connectivity index (χ3n) is 6.72. The molecular formula is C22H44IN3O3SSi3. The molecule has 190 valence electrons. The zero-order chi connectivity index (χ0) is 24.3. The van der Waals surface area contributed by atoms with Crippen LogP contribution in [0.25, 0.3) is 0 Å². The number of nitrogens with one attached hydrogen (secondary N) is 1. The zero-order valence-corrected chi connectivity index (χ0v) is 28.2. The number of amides is 1. The molecule has 1 N–H and O–H groups in total. The molecule has 2 atom stereocenters. The summed E-state index contributed by atoms with van der Waals surface area (Å²) < 4.78 is 6.95. The Hall–Kier alpha value is 0.331. The minimum atomic E-state index is -2.09. The molecule has 0 unspecified atom stereocenters. The number of thioether (sulfide) groups is 1. The van der Waals surface area contributed by atoms with Crippen molar-refractivity contribution in [2.24, 2.45) is 0 Å². The average Bonchev–Trinajstić information content (AvgIpc) is 3.01. The molecule has 0 aromatic carbocycles. The highest BCUT2D eigenvalue weighted by Crippen LogP contribution is 2.51. The second-order valence-electron chi connectivity index (χ2n) is 13.2. The summed E-state index contributed by atoms with van der Waals surface area (Å²) in [4.78, 5) is 33.3. The lowest BCUT2D eigenvalue weighted by atomic mass is 10.0. The van der Waals surface area contributed by atoms with Gasteiger partial charge in [0.2, 0.25) is 14.2 Å². The van der Waals surface area contributed by atoms with Crippen molar-refractivity contribution >= 4 is 48.3 Å². The summed E-state index contributed by atoms with van der Waals surface area (Å²) in [6, 6.07) is 0. The average molecular weight is 642 g/mol. The predicted octanol–water partition coefficient (Wildman–Crippen LogP) is 0.819. The zero-order valence-electron chi connectivity index (χ0n) is 22.2. The largest absolute Gasteiger partial charge is 1.00 e. The number of nitrogens with zero attached hydrogens (tertiary/aromatic N) is 2. The Labute approximate surface area is 225 Å². The van der Waals surface area contributed by atoms with Crippen LogP contribution in [0.1, 0.15) is 12.8 Å². The fourth-order valence-corrected chi connectivity index (χ4v) is 14.5. The lowest BCUT2D eigenvalue weighted by Gasteiger charge is -2.64. The Balaban J connectivity index is 0.00000385. The van der Waals surface area contributed by atoms with Crippen molar-refractivity contribution in [1.29, 1.82) is 0 Å². The Morgan fingerprint density at radius 3 is 2.12 bits per heavy atom. The third kappa shape index (κ3) is 5.85. The van der Waals surface area contributed by atoms with E-state index in [-0.39, 0.29) is 41.2 Å². The summed E-state index contributed by atoms with van der Waals surface area (Å²) in [5.41, 5.74) is 1.67. The van der Waals surface area contributed by atoms with Crippen molar-refractivity contribution in [3.8, 4) is 0 Å². The van der Waals surface area contributed by atoms with Gasteiger partial charge in [-0.2, -0.15) is 0 Å². The van der Waals surface area contributed by atoms with E-state index in [1.165, 1.54) is 12.8 Å². The van der Waals surface area contributed by atoms with E-state index in [1.54, 1.807) is 0 Å². The van der Waals surface area contributed by atoms with Crippen LogP contribution in [-0.2, 0) is 14.0 Å². The van der Waals surface area contributed by atoms with Gasteiger partial charge in [0.25, 0.3) is 0 Å². The minimum Gasteiger partial charge on any atom is -1.00 e. The van der Waals surface area contributed by atoms with E-state index >= 15 is 0 Å². The highest BCUT2D eigenvalue weighted by atomic mass is 127. The van der Waals surface area contributed by atoms with Gasteiger partial charge in [0, 0.05) is 24.2 Å². The quantitative estimate of drug-likeness (QED) is 0.193. The lowest BCUT2D eigenvalue weighted by molar-refractivity contribution is -0.893. The number of likely N-dealkylation sites (N-methyl/N-ethyl adjacent to an activating group) is 1. The lowest BCUT2D eigenvalue weighted by Crippen LogP contribution is -3.00. The van der Waals surface area contributed by atoms with Gasteiger partial charge in [0.05, 0.1) is 28.2 Å². The van der Waals surface area contributed by atoms with Gasteiger partial charge in [0.15, 0.2) is 0 Å². The third-order valence-corrected chi connectivity index (χ3v) is 13.5. The van der Waals surface area contributed by atoms with Crippen molar-refractivity contribution in [1.82, 2.24) is 9.88 Å². The molecule has 0 aromatic rings. The number of fused-ring (bicyclic) bond motifs is 1. The number of carbonyl (C=O) groups is 2. The standard InChI is InChI=1S/C22H44N3O3SSi3.HI/c1-25(13-11-12-14-25)15-17-16-29-21-22(30(2,3)4,23-31(5,6)7)20(27)24(21)18(17)19(26)28-32(8,9)10;/h21,23H,11-16H2,1-10H3;1H/q+1;/p-1/t21-,22-;/m1./s1. The van der Waals surface area contributed by atoms with Gasteiger partial charge >= 0.3 is 5.97 Å². The first-order valence-corrected chi connectivity index (χ1v) is 23.4. The predicted molar refractivity (Wildman–Crippen MR) is 142 cm³/mol. The minimum absolute atomic E-state index is 0. The van der Waals surface area contributed by atoms with Crippen LogP contribution >= 0.6 is 11.8 Å². The summed E-state index contributed by atoms with van der Waals surface area (Å²) in [5, 5.41) is -0.546. The molecule has 0 aliphatic carbocycles. The molecule has 1 amide bonds. The van der Waals surface area contributed by atoms with E-state index in [9.17, 15) is 9.59 Å². The van der Waals surface area contributed by atoms with Gasteiger partial charge in [-0.3, -0.25) is 9.69 Å². The summed E-state index contributed by atoms with van der Waals surface area (Å²) in [6.07, 6.45) is 2.46. The fourth-order valence-electron chi connectivity index (χ4n) is 5.36. The molecule has 3 heterocycles. The maximum atomic E-state index is 14.1. The first-order chi connectivity index (χ1) is 14.4. The molecule has 0 spiro atoms. The number of rotatable bonds is 7. The molecule has 0 saturated carbocycles. The van der Waals surface area contributed by atoms with Gasteiger partial charge in [-0.15, -0.1) is 11.8 Å². The molecule has 11 heteroatoms. The van der Waals surface area contributed by atoms with Gasteiger partial charge < -0.3 is 37.9 Å². The summed E-state index contributed by atoms with van der Waals surface area (Å²) in [5.74, 6) is 0.624. The van der Waals surface area contributed by atoms with Crippen LogP contribution in [0.5, 0.6) is 0 Å². The van der Waals surface area contributed by atoms with E-state index < -0.39 is 29.8 Å². The Kier molecular flexibility index (Phi) is 8.65. The Morgan fingerprint density at radius 2 is 1.67 bits per heavy atom. The number of hydrogen-bond acceptors (Lipinski definition) is 5. The number of quaternary nitrogens is 1. The molecule has 0 aromatic heterocycles. The maximum Gasteiger partial charge on any atom is 0.341 e. The van der Waals surface area contributed by atoms with Crippen LogP contribution in [0.15, 0.2) is 11.3 Å². The van der Waals surface area contributed by atoms with Crippen molar-refractivity contribution < 1.29 is 42.5 Å². The maximum absolute atomic E-state index is 14.1. The highest BCUT2D eigenvalue weighted by molar-refractivity contribution is 8.00. The molecule has 0 radical (unpaired) electrons. The van der Waals surface area contributed by atoms with Crippen LogP contribution in [0.4, 0.5) is 0 Å². The molecule has 2 fully saturated rings. The van der Waals surface area contributed by atoms with Crippen LogP contribution in [0, 0.1) is 0 Å². The first-order valence-electron chi connectivity index (χ1n) is 11.9. The Morgan fingerprint density at radius 1 is 1.12 bits per heavy atom. The second-order valence-corrected chi connectivity index (χ2v) is 28.7. The van der Waals surface area contributed by atoms with E-state index in [2.05, 4.69) is 51.3 Å². The van der Waals surface area contributed by atoms with Crippen LogP contribution in [0.2, 0.25) is 58.9 Å². The number of hydrogen-bond donors (Lipinski definition) is 1. The van der Waals surface area contributed by atoms with Gasteiger partial charge in [-0.1, -0.05) is 39.3 Å². The highest BCUT2D eigenvalue weighted by Gasteiger charge is 2.70. The number of β-lactam (4-membered cyclic amide) rings is 1. The molecule has 6 nitrogen and oxygen atoms in total. The van der Waals surface area contributed by atoms with Crippen LogP contribution < -0.4 is 29.0 Å². The number of carbonyl (C=O) groups excluding carboxylic acids is 2. The van der Waals surface area contributed by atoms with E-state index in [4.69, 9.17) is 4.43 Å². The molecule has 2 saturated heterocycles. The first kappa shape index (κ1) is 29.6. The molecular weight excluding hydrogens is 597 g/mol. The fraction of sp³-hybridized carbons (Fsp3) is 0.818. The van der Waals surface area contributed by atoms with E-state index in [0.717, 1.165) is 35.4 Å². The summed E-state index contributed by atoms with van der Waals surface area (Å²) >= 11 is 1.86. The van der Waals surface area contributed by atoms with Crippen molar-refractivity contribution in [3.63, 3.8) is 0 Å². The summed E-state index contributed by atoms with van der Waals surface area (Å²) in [6.45, 7) is 22.8. The molecule has 3 rings (SSSR count). The summed E-state index contributed by atoms with van der Waals surface area (Å²) in [7, 11) is -3.49. The molecule has 3 aliphatic rings. The van der Waals surface area contributed by atoms with Crippen LogP contribution in [0.3, 0.4) is 0 Å². The SMILES string of the molecule is C[N+]1(CC2=C(C(=O)O[Si](C)(C)C)N3C(=O)[C@@](N[Si](C)(C)C)([Si](C)(C)C)[C@H]3SC2)CCCC1.[I-]. The number of halogens is 1. The molecule has 3 aliphatic heterocycles. The van der Waals surface area contributed by atoms with E-state index in [1.807, 2.05) is 36.3 Å². The van der Waals surface area contributed by atoms with Crippen molar-refractivity contribution in [2.45, 2.75) is 82.3 Å².